The molecule has 0 spiro atoms. The van der Waals surface area contributed by atoms with E-state index in [1.54, 1.807) is 0 Å². The van der Waals surface area contributed by atoms with E-state index >= 15 is 0 Å². The minimum atomic E-state index is -0.484. The summed E-state index contributed by atoms with van der Waals surface area (Å²) in [7, 11) is 0. The summed E-state index contributed by atoms with van der Waals surface area (Å²) in [6.45, 7) is 0. The summed E-state index contributed by atoms with van der Waals surface area (Å²) in [6.07, 6.45) is 0. The zero-order chi connectivity index (χ0) is 41.9. The van der Waals surface area contributed by atoms with Gasteiger partial charge in [0.15, 0.2) is 0 Å². The molecule has 14 rings (SSSR count). The minimum absolute atomic E-state index is 0.484. The van der Waals surface area contributed by atoms with Gasteiger partial charge >= 0.3 is 0 Å². The number of hydrogen-bond acceptors (Lipinski definition) is 1. The van der Waals surface area contributed by atoms with Crippen molar-refractivity contribution in [2.24, 2.45) is 0 Å². The van der Waals surface area contributed by atoms with Crippen LogP contribution < -0.4 is 0 Å². The van der Waals surface area contributed by atoms with E-state index in [9.17, 15) is 0 Å². The van der Waals surface area contributed by atoms with E-state index < -0.39 is 5.41 Å². The topological polar surface area (TPSA) is 9.86 Å². The molecular formula is C61H38N2S. The van der Waals surface area contributed by atoms with Crippen molar-refractivity contribution in [3.8, 4) is 33.6 Å². The fraction of sp³-hybridized carbons (Fsp3) is 0.0164. The number of benzene rings is 10. The number of hydrogen-bond donors (Lipinski definition) is 0. The number of thiophene rings is 1. The highest BCUT2D eigenvalue weighted by Crippen LogP contribution is 2.57. The Labute approximate surface area is 374 Å². The summed E-state index contributed by atoms with van der Waals surface area (Å²) in [4.78, 5) is 0. The molecule has 3 aromatic heterocycles. The molecule has 0 atom stereocenters. The van der Waals surface area contributed by atoms with Crippen molar-refractivity contribution < 1.29 is 0 Å². The van der Waals surface area contributed by atoms with E-state index in [1.165, 1.54) is 114 Å². The molecule has 0 radical (unpaired) electrons. The summed E-state index contributed by atoms with van der Waals surface area (Å²) < 4.78 is 7.54. The normalized spacial score (nSPS) is 13.1. The van der Waals surface area contributed by atoms with Crippen LogP contribution >= 0.6 is 11.3 Å². The van der Waals surface area contributed by atoms with Gasteiger partial charge in [0.05, 0.1) is 27.5 Å². The zero-order valence-corrected chi connectivity index (χ0v) is 35.6. The first kappa shape index (κ1) is 35.6. The molecule has 0 fully saturated rings. The third kappa shape index (κ3) is 4.79. The van der Waals surface area contributed by atoms with Gasteiger partial charge in [0, 0.05) is 53.1 Å². The van der Waals surface area contributed by atoms with Gasteiger partial charge in [0.1, 0.15) is 0 Å². The highest BCUT2D eigenvalue weighted by atomic mass is 32.1. The van der Waals surface area contributed by atoms with Gasteiger partial charge in [-0.05, 0) is 105 Å². The Kier molecular flexibility index (Phi) is 7.51. The minimum Gasteiger partial charge on any atom is -0.309 e. The Balaban J connectivity index is 1.02. The van der Waals surface area contributed by atoms with Crippen molar-refractivity contribution in [2.75, 3.05) is 0 Å². The van der Waals surface area contributed by atoms with E-state index in [2.05, 4.69) is 240 Å². The van der Waals surface area contributed by atoms with Gasteiger partial charge in [-0.3, -0.25) is 0 Å². The Morgan fingerprint density at radius 3 is 1.72 bits per heavy atom. The van der Waals surface area contributed by atoms with Gasteiger partial charge in [-0.1, -0.05) is 170 Å². The molecule has 10 aromatic carbocycles. The fourth-order valence-electron chi connectivity index (χ4n) is 11.4. The van der Waals surface area contributed by atoms with Crippen LogP contribution in [0.25, 0.3) is 97.4 Å². The second kappa shape index (κ2) is 13.5. The Bertz CT molecular complexity index is 3950. The predicted octanol–water partition coefficient (Wildman–Crippen LogP) is 16.3. The number of rotatable bonds is 5. The summed E-state index contributed by atoms with van der Waals surface area (Å²) in [5.41, 5.74) is 16.9. The van der Waals surface area contributed by atoms with Gasteiger partial charge in [-0.15, -0.1) is 11.3 Å². The number of aromatic nitrogens is 2. The van der Waals surface area contributed by atoms with E-state index in [4.69, 9.17) is 0 Å². The van der Waals surface area contributed by atoms with E-state index in [0.29, 0.717) is 0 Å². The van der Waals surface area contributed by atoms with Gasteiger partial charge in [0.25, 0.3) is 0 Å². The largest absolute Gasteiger partial charge is 0.309 e. The zero-order valence-electron chi connectivity index (χ0n) is 34.7. The molecule has 1 aliphatic rings. The molecule has 0 aliphatic heterocycles. The van der Waals surface area contributed by atoms with Crippen LogP contribution in [0.5, 0.6) is 0 Å². The van der Waals surface area contributed by atoms with Crippen LogP contribution in [0.2, 0.25) is 0 Å². The third-order valence-electron chi connectivity index (χ3n) is 14.0. The molecule has 1 aliphatic carbocycles. The number of fused-ring (bicyclic) bond motifs is 13. The van der Waals surface area contributed by atoms with Gasteiger partial charge in [0.2, 0.25) is 0 Å². The van der Waals surface area contributed by atoms with Crippen molar-refractivity contribution in [2.45, 2.75) is 5.41 Å². The molecule has 2 nitrogen and oxygen atoms in total. The van der Waals surface area contributed by atoms with Gasteiger partial charge in [-0.2, -0.15) is 0 Å². The molecule has 0 N–H and O–H groups in total. The maximum absolute atomic E-state index is 2.54. The molecule has 13 aromatic rings. The van der Waals surface area contributed by atoms with Crippen LogP contribution in [0, 0.1) is 0 Å². The quantitative estimate of drug-likeness (QED) is 0.164. The molecule has 3 heterocycles. The first-order chi connectivity index (χ1) is 31.8. The van der Waals surface area contributed by atoms with Gasteiger partial charge in [-0.25, -0.2) is 0 Å². The molecular weight excluding hydrogens is 793 g/mol. The average Bonchev–Trinajstić information content (AvgIpc) is 4.10. The van der Waals surface area contributed by atoms with Crippen LogP contribution in [0.15, 0.2) is 231 Å². The molecule has 0 unspecified atom stereocenters. The summed E-state index contributed by atoms with van der Waals surface area (Å²) in [6, 6.07) is 85.7. The molecule has 0 saturated heterocycles. The lowest BCUT2D eigenvalue weighted by Crippen LogP contribution is -2.28. The van der Waals surface area contributed by atoms with Crippen LogP contribution in [-0.2, 0) is 5.41 Å². The number of nitrogens with zero attached hydrogens (tertiary/aromatic N) is 2. The summed E-state index contributed by atoms with van der Waals surface area (Å²) >= 11 is 1.88. The summed E-state index contributed by atoms with van der Waals surface area (Å²) in [5, 5.41) is 7.66. The standard InChI is InChI=1S/C61H38N2S/c1-3-16-40(17-4-1)61(51-25-11-7-20-45(51)46-21-8-12-26-52(46)61)41-32-36-54-50(38-41)47-35-37-57-59(49-23-10-14-29-56(49)64-57)60(47)63(54)43-33-30-39(31-34-43)44-24-15-28-55-58(44)48-22-9-13-27-53(48)62(55)42-18-5-2-6-19-42/h1-38H. The molecule has 3 heteroatoms. The Morgan fingerprint density at radius 2 is 0.938 bits per heavy atom. The molecule has 298 valence electrons. The lowest BCUT2D eigenvalue weighted by atomic mass is 9.67. The number of para-hydroxylation sites is 2. The van der Waals surface area contributed by atoms with Crippen molar-refractivity contribution in [1.82, 2.24) is 9.13 Å². The van der Waals surface area contributed by atoms with Crippen LogP contribution in [0.1, 0.15) is 22.3 Å². The average molecular weight is 831 g/mol. The van der Waals surface area contributed by atoms with Crippen molar-refractivity contribution in [3.05, 3.63) is 253 Å². The second-order valence-corrected chi connectivity index (χ2v) is 18.2. The van der Waals surface area contributed by atoms with Crippen LogP contribution in [0.4, 0.5) is 0 Å². The van der Waals surface area contributed by atoms with Crippen LogP contribution in [0.3, 0.4) is 0 Å². The van der Waals surface area contributed by atoms with Gasteiger partial charge < -0.3 is 9.13 Å². The van der Waals surface area contributed by atoms with E-state index in [0.717, 1.165) is 5.69 Å². The first-order valence-corrected chi connectivity index (χ1v) is 22.9. The van der Waals surface area contributed by atoms with E-state index in [-0.39, 0.29) is 0 Å². The maximum Gasteiger partial charge on any atom is 0.0713 e. The van der Waals surface area contributed by atoms with Crippen LogP contribution in [-0.4, -0.2) is 9.13 Å². The monoisotopic (exact) mass is 830 g/mol. The van der Waals surface area contributed by atoms with Crippen molar-refractivity contribution >= 4 is 75.1 Å². The maximum atomic E-state index is 2.54. The highest BCUT2D eigenvalue weighted by Gasteiger charge is 2.46. The SMILES string of the molecule is c1ccc(-n2c3ccccc3c3c(-c4ccc(-n5c6ccc(C7(c8ccccc8)c8ccccc8-c8ccccc87)cc6c6ccc7sc8ccccc8c7c65)cc4)cccc32)cc1. The predicted molar refractivity (Wildman–Crippen MR) is 271 cm³/mol. The molecule has 0 bridgehead atoms. The lowest BCUT2D eigenvalue weighted by Gasteiger charge is -2.34. The smallest absolute Gasteiger partial charge is 0.0713 e. The second-order valence-electron chi connectivity index (χ2n) is 17.1. The third-order valence-corrected chi connectivity index (χ3v) is 15.1. The van der Waals surface area contributed by atoms with Crippen molar-refractivity contribution in [3.63, 3.8) is 0 Å². The summed E-state index contributed by atoms with van der Waals surface area (Å²) in [5.74, 6) is 0. The molecule has 64 heavy (non-hydrogen) atoms. The lowest BCUT2D eigenvalue weighted by molar-refractivity contribution is 0.770. The molecule has 0 saturated carbocycles. The Morgan fingerprint density at radius 1 is 0.328 bits per heavy atom. The highest BCUT2D eigenvalue weighted by molar-refractivity contribution is 7.26. The fourth-order valence-corrected chi connectivity index (χ4v) is 12.5. The first-order valence-electron chi connectivity index (χ1n) is 22.1. The Hall–Kier alpha value is -7.98. The molecule has 0 amide bonds. The van der Waals surface area contributed by atoms with E-state index in [1.807, 2.05) is 11.3 Å². The van der Waals surface area contributed by atoms with Crippen molar-refractivity contribution in [1.29, 1.82) is 0 Å².